The molecule has 28 heavy (non-hydrogen) atoms. The Hall–Kier alpha value is -3.43. The Morgan fingerprint density at radius 2 is 1.64 bits per heavy atom. The Bertz CT molecular complexity index is 901. The second-order valence-corrected chi connectivity index (χ2v) is 5.56. The first kappa shape index (κ1) is 19.3. The maximum absolute atomic E-state index is 12.9. The van der Waals surface area contributed by atoms with E-state index in [2.05, 4.69) is 25.6 Å². The minimum absolute atomic E-state index is 0.279. The van der Waals surface area contributed by atoms with E-state index in [-0.39, 0.29) is 11.7 Å². The van der Waals surface area contributed by atoms with E-state index < -0.39 is 11.7 Å². The molecule has 0 fully saturated rings. The standard InChI is InChI=1S/C18H15F4N5O/c19-13-2-4-14(5-3-13)28-16-7-8-24-17(27-16)25-10-9-23-15-6-1-12(11-26-15)18(20,21)22/h1-8,11H,9-10H2,(H,23,26)(H,24,25,27). The molecule has 0 unspecified atom stereocenters. The van der Waals surface area contributed by atoms with Crippen LogP contribution in [0.15, 0.2) is 54.9 Å². The summed E-state index contributed by atoms with van der Waals surface area (Å²) in [6, 6.07) is 9.28. The number of nitrogens with one attached hydrogen (secondary N) is 2. The van der Waals surface area contributed by atoms with Gasteiger partial charge in [0.1, 0.15) is 17.4 Å². The van der Waals surface area contributed by atoms with Gasteiger partial charge in [-0.3, -0.25) is 0 Å². The van der Waals surface area contributed by atoms with Crippen LogP contribution in [0.5, 0.6) is 11.6 Å². The third kappa shape index (κ3) is 5.53. The van der Waals surface area contributed by atoms with E-state index in [0.29, 0.717) is 30.6 Å². The molecule has 0 atom stereocenters. The fourth-order valence-corrected chi connectivity index (χ4v) is 2.14. The number of benzene rings is 1. The van der Waals surface area contributed by atoms with E-state index in [1.165, 1.54) is 36.5 Å². The number of halogens is 4. The van der Waals surface area contributed by atoms with E-state index in [0.717, 1.165) is 12.3 Å². The lowest BCUT2D eigenvalue weighted by atomic mass is 10.3. The number of anilines is 2. The molecule has 0 aliphatic rings. The monoisotopic (exact) mass is 393 g/mol. The molecule has 2 N–H and O–H groups in total. The van der Waals surface area contributed by atoms with E-state index in [1.807, 2.05) is 0 Å². The molecular formula is C18H15F4N5O. The molecule has 2 heterocycles. The van der Waals surface area contributed by atoms with Crippen LogP contribution in [0, 0.1) is 5.82 Å². The molecule has 0 aliphatic heterocycles. The predicted octanol–water partition coefficient (Wildman–Crippen LogP) is 4.35. The molecule has 0 spiro atoms. The Morgan fingerprint density at radius 1 is 0.893 bits per heavy atom. The highest BCUT2D eigenvalue weighted by Crippen LogP contribution is 2.28. The average Bonchev–Trinajstić information content (AvgIpc) is 2.67. The highest BCUT2D eigenvalue weighted by Gasteiger charge is 2.30. The van der Waals surface area contributed by atoms with E-state index in [9.17, 15) is 17.6 Å². The van der Waals surface area contributed by atoms with Crippen molar-refractivity contribution in [3.63, 3.8) is 0 Å². The quantitative estimate of drug-likeness (QED) is 0.460. The zero-order valence-corrected chi connectivity index (χ0v) is 14.4. The summed E-state index contributed by atoms with van der Waals surface area (Å²) >= 11 is 0. The molecule has 0 amide bonds. The molecule has 0 aliphatic carbocycles. The molecule has 3 rings (SSSR count). The number of aromatic nitrogens is 3. The molecule has 2 aromatic heterocycles. The van der Waals surface area contributed by atoms with Gasteiger partial charge in [-0.2, -0.15) is 18.2 Å². The second kappa shape index (κ2) is 8.51. The van der Waals surface area contributed by atoms with Crippen LogP contribution >= 0.6 is 0 Å². The van der Waals surface area contributed by atoms with Gasteiger partial charge in [-0.05, 0) is 36.4 Å². The normalized spacial score (nSPS) is 11.1. The van der Waals surface area contributed by atoms with Crippen LogP contribution in [0.25, 0.3) is 0 Å². The molecule has 0 saturated carbocycles. The first-order chi connectivity index (χ1) is 13.4. The lowest BCUT2D eigenvalue weighted by Gasteiger charge is -2.10. The lowest BCUT2D eigenvalue weighted by molar-refractivity contribution is -0.137. The van der Waals surface area contributed by atoms with Gasteiger partial charge >= 0.3 is 6.18 Å². The SMILES string of the molecule is Fc1ccc(Oc2ccnc(NCCNc3ccc(C(F)(F)F)cn3)n2)cc1. The van der Waals surface area contributed by atoms with Crippen molar-refractivity contribution in [2.24, 2.45) is 0 Å². The zero-order valence-electron chi connectivity index (χ0n) is 14.4. The van der Waals surface area contributed by atoms with Gasteiger partial charge in [0.25, 0.3) is 0 Å². The molecule has 146 valence electrons. The summed E-state index contributed by atoms with van der Waals surface area (Å²) in [6.07, 6.45) is -2.14. The van der Waals surface area contributed by atoms with Crippen LogP contribution in [0.4, 0.5) is 29.3 Å². The van der Waals surface area contributed by atoms with E-state index in [4.69, 9.17) is 4.74 Å². The van der Waals surface area contributed by atoms with Crippen molar-refractivity contribution >= 4 is 11.8 Å². The van der Waals surface area contributed by atoms with Crippen LogP contribution in [-0.4, -0.2) is 28.0 Å². The van der Waals surface area contributed by atoms with Crippen molar-refractivity contribution in [3.8, 4) is 11.6 Å². The van der Waals surface area contributed by atoms with Crippen LogP contribution in [0.1, 0.15) is 5.56 Å². The van der Waals surface area contributed by atoms with Gasteiger partial charge in [0, 0.05) is 31.5 Å². The van der Waals surface area contributed by atoms with Gasteiger partial charge in [0.2, 0.25) is 11.8 Å². The largest absolute Gasteiger partial charge is 0.439 e. The molecule has 0 saturated heterocycles. The molecule has 10 heteroatoms. The summed E-state index contributed by atoms with van der Waals surface area (Å²) in [6.45, 7) is 0.771. The summed E-state index contributed by atoms with van der Waals surface area (Å²) in [5.41, 5.74) is -0.803. The second-order valence-electron chi connectivity index (χ2n) is 5.56. The maximum atomic E-state index is 12.9. The van der Waals surface area contributed by atoms with Gasteiger partial charge in [0.05, 0.1) is 5.56 Å². The summed E-state index contributed by atoms with van der Waals surface area (Å²) < 4.78 is 55.9. The van der Waals surface area contributed by atoms with Gasteiger partial charge < -0.3 is 15.4 Å². The van der Waals surface area contributed by atoms with Gasteiger partial charge in [-0.15, -0.1) is 0 Å². The molecule has 0 radical (unpaired) electrons. The molecule has 3 aromatic rings. The van der Waals surface area contributed by atoms with Crippen molar-refractivity contribution in [2.75, 3.05) is 23.7 Å². The highest BCUT2D eigenvalue weighted by molar-refractivity contribution is 5.37. The van der Waals surface area contributed by atoms with Gasteiger partial charge in [-0.25, -0.2) is 14.4 Å². The zero-order chi connectivity index (χ0) is 20.0. The minimum atomic E-state index is -4.41. The van der Waals surface area contributed by atoms with Crippen LogP contribution in [-0.2, 0) is 6.18 Å². The van der Waals surface area contributed by atoms with Crippen molar-refractivity contribution in [1.29, 1.82) is 0 Å². The van der Waals surface area contributed by atoms with Gasteiger partial charge in [-0.1, -0.05) is 0 Å². The molecule has 1 aromatic carbocycles. The van der Waals surface area contributed by atoms with Crippen molar-refractivity contribution in [1.82, 2.24) is 15.0 Å². The van der Waals surface area contributed by atoms with Crippen LogP contribution in [0.2, 0.25) is 0 Å². The minimum Gasteiger partial charge on any atom is -0.439 e. The van der Waals surface area contributed by atoms with Crippen molar-refractivity contribution < 1.29 is 22.3 Å². The topological polar surface area (TPSA) is 72.0 Å². The molecule has 6 nitrogen and oxygen atoms in total. The number of rotatable bonds is 7. The Kier molecular flexibility index (Phi) is 5.87. The van der Waals surface area contributed by atoms with Crippen LogP contribution < -0.4 is 15.4 Å². The Labute approximate surface area is 157 Å². The molecule has 0 bridgehead atoms. The van der Waals surface area contributed by atoms with E-state index >= 15 is 0 Å². The fraction of sp³-hybridized carbons (Fsp3) is 0.167. The fourth-order valence-electron chi connectivity index (χ4n) is 2.14. The molecular weight excluding hydrogens is 378 g/mol. The summed E-state index contributed by atoms with van der Waals surface area (Å²) in [5.74, 6) is 0.973. The first-order valence-electron chi connectivity index (χ1n) is 8.17. The number of hydrogen-bond donors (Lipinski definition) is 2. The summed E-state index contributed by atoms with van der Waals surface area (Å²) in [5, 5.41) is 5.84. The highest BCUT2D eigenvalue weighted by atomic mass is 19.4. The Morgan fingerprint density at radius 3 is 2.32 bits per heavy atom. The number of nitrogens with zero attached hydrogens (tertiary/aromatic N) is 3. The first-order valence-corrected chi connectivity index (χ1v) is 8.17. The number of ether oxygens (including phenoxy) is 1. The maximum Gasteiger partial charge on any atom is 0.417 e. The predicted molar refractivity (Wildman–Crippen MR) is 94.7 cm³/mol. The lowest BCUT2D eigenvalue weighted by Crippen LogP contribution is -2.16. The number of pyridine rings is 1. The number of hydrogen-bond acceptors (Lipinski definition) is 6. The van der Waals surface area contributed by atoms with Crippen LogP contribution in [0.3, 0.4) is 0 Å². The van der Waals surface area contributed by atoms with Crippen molar-refractivity contribution in [3.05, 3.63) is 66.2 Å². The van der Waals surface area contributed by atoms with E-state index in [1.54, 1.807) is 6.07 Å². The summed E-state index contributed by atoms with van der Waals surface area (Å²) in [4.78, 5) is 11.9. The van der Waals surface area contributed by atoms with Gasteiger partial charge in [0.15, 0.2) is 0 Å². The third-order valence-electron chi connectivity index (χ3n) is 3.47. The summed E-state index contributed by atoms with van der Waals surface area (Å²) in [7, 11) is 0. The van der Waals surface area contributed by atoms with Crippen molar-refractivity contribution in [2.45, 2.75) is 6.18 Å². The smallest absolute Gasteiger partial charge is 0.417 e. The Balaban J connectivity index is 1.48. The third-order valence-corrected chi connectivity index (χ3v) is 3.47. The average molecular weight is 393 g/mol. The number of alkyl halides is 3.